The highest BCUT2D eigenvalue weighted by atomic mass is 16.6. The van der Waals surface area contributed by atoms with Crippen LogP contribution in [0.25, 0.3) is 0 Å². The topological polar surface area (TPSA) is 70.1 Å². The summed E-state index contributed by atoms with van der Waals surface area (Å²) < 4.78 is 5.33. The largest absolute Gasteiger partial charge is 0.480 e. The van der Waals surface area contributed by atoms with Crippen LogP contribution in [0.4, 0.5) is 4.79 Å². The predicted molar refractivity (Wildman–Crippen MR) is 86.1 cm³/mol. The highest BCUT2D eigenvalue weighted by molar-refractivity contribution is 5.69. The quantitative estimate of drug-likeness (QED) is 0.870. The second-order valence-electron chi connectivity index (χ2n) is 6.09. The molecule has 126 valence electrons. The number of benzene rings is 1. The molecule has 0 aromatic heterocycles. The summed E-state index contributed by atoms with van der Waals surface area (Å²) in [6, 6.07) is 9.73. The number of carboxylic acids is 1. The summed E-state index contributed by atoms with van der Waals surface area (Å²) in [5.41, 5.74) is 0.950. The minimum absolute atomic E-state index is 0.00473. The van der Waals surface area contributed by atoms with Crippen molar-refractivity contribution in [2.24, 2.45) is 0 Å². The zero-order valence-electron chi connectivity index (χ0n) is 13.6. The number of hydrogen-bond acceptors (Lipinski definition) is 4. The lowest BCUT2D eigenvalue weighted by atomic mass is 10.2. The number of likely N-dealkylation sites (tertiary alicyclic amines) is 1. The van der Waals surface area contributed by atoms with Gasteiger partial charge in [0.1, 0.15) is 6.61 Å². The summed E-state index contributed by atoms with van der Waals surface area (Å²) in [4.78, 5) is 26.7. The SMILES string of the molecule is CC(C)N(CC(=O)O)[C@H]1CCN(C(=O)OCc2ccccc2)C1. The molecular weight excluding hydrogens is 296 g/mol. The van der Waals surface area contributed by atoms with Crippen LogP contribution in [0.5, 0.6) is 0 Å². The lowest BCUT2D eigenvalue weighted by Crippen LogP contribution is -2.45. The molecule has 1 atom stereocenters. The number of carboxylic acid groups (broad SMARTS) is 1. The fourth-order valence-electron chi connectivity index (χ4n) is 2.88. The number of carbonyl (C=O) groups is 2. The van der Waals surface area contributed by atoms with Gasteiger partial charge in [-0.3, -0.25) is 9.69 Å². The first-order chi connectivity index (χ1) is 11.0. The van der Waals surface area contributed by atoms with Gasteiger partial charge in [0.05, 0.1) is 6.54 Å². The second-order valence-corrected chi connectivity index (χ2v) is 6.09. The smallest absolute Gasteiger partial charge is 0.410 e. The van der Waals surface area contributed by atoms with Crippen LogP contribution >= 0.6 is 0 Å². The molecule has 1 fully saturated rings. The van der Waals surface area contributed by atoms with E-state index < -0.39 is 5.97 Å². The van der Waals surface area contributed by atoms with Crippen molar-refractivity contribution >= 4 is 12.1 Å². The van der Waals surface area contributed by atoms with Crippen molar-refractivity contribution in [2.75, 3.05) is 19.6 Å². The zero-order valence-corrected chi connectivity index (χ0v) is 13.6. The molecule has 1 N–H and O–H groups in total. The van der Waals surface area contributed by atoms with Gasteiger partial charge in [-0.2, -0.15) is 0 Å². The lowest BCUT2D eigenvalue weighted by molar-refractivity contribution is -0.139. The lowest BCUT2D eigenvalue weighted by Gasteiger charge is -2.30. The molecule has 6 heteroatoms. The summed E-state index contributed by atoms with van der Waals surface area (Å²) in [6.45, 7) is 5.30. The Kier molecular flexibility index (Phi) is 5.98. The van der Waals surface area contributed by atoms with E-state index in [9.17, 15) is 9.59 Å². The predicted octanol–water partition coefficient (Wildman–Crippen LogP) is 2.19. The average Bonchev–Trinajstić information content (AvgIpc) is 3.00. The monoisotopic (exact) mass is 320 g/mol. The van der Waals surface area contributed by atoms with Crippen LogP contribution in [0.3, 0.4) is 0 Å². The molecule has 1 aliphatic heterocycles. The molecule has 0 bridgehead atoms. The Morgan fingerprint density at radius 2 is 2.04 bits per heavy atom. The molecule has 0 aliphatic carbocycles. The average molecular weight is 320 g/mol. The summed E-state index contributed by atoms with van der Waals surface area (Å²) >= 11 is 0. The van der Waals surface area contributed by atoms with E-state index in [1.807, 2.05) is 49.1 Å². The Balaban J connectivity index is 1.85. The first-order valence-electron chi connectivity index (χ1n) is 7.90. The van der Waals surface area contributed by atoms with E-state index in [1.54, 1.807) is 4.90 Å². The molecule has 1 amide bonds. The van der Waals surface area contributed by atoms with E-state index >= 15 is 0 Å². The van der Waals surface area contributed by atoms with Crippen molar-refractivity contribution in [3.63, 3.8) is 0 Å². The maximum Gasteiger partial charge on any atom is 0.410 e. The number of ether oxygens (including phenoxy) is 1. The Morgan fingerprint density at radius 1 is 1.35 bits per heavy atom. The summed E-state index contributed by atoms with van der Waals surface area (Å²) in [6.07, 6.45) is 0.432. The van der Waals surface area contributed by atoms with Crippen LogP contribution < -0.4 is 0 Å². The van der Waals surface area contributed by atoms with Gasteiger partial charge in [0.15, 0.2) is 0 Å². The van der Waals surface area contributed by atoms with Crippen molar-refractivity contribution in [3.8, 4) is 0 Å². The standard InChI is InChI=1S/C17H24N2O4/c1-13(2)19(11-16(20)21)15-8-9-18(10-15)17(22)23-12-14-6-4-3-5-7-14/h3-7,13,15H,8-12H2,1-2H3,(H,20,21)/t15-/m0/s1. The van der Waals surface area contributed by atoms with Gasteiger partial charge < -0.3 is 14.7 Å². The molecule has 0 spiro atoms. The summed E-state index contributed by atoms with van der Waals surface area (Å²) in [5, 5.41) is 9.03. The summed E-state index contributed by atoms with van der Waals surface area (Å²) in [7, 11) is 0. The highest BCUT2D eigenvalue weighted by Gasteiger charge is 2.33. The van der Waals surface area contributed by atoms with Crippen molar-refractivity contribution in [1.29, 1.82) is 0 Å². The normalized spacial score (nSPS) is 17.7. The third-order valence-corrected chi connectivity index (χ3v) is 4.08. The number of hydrogen-bond donors (Lipinski definition) is 1. The molecule has 6 nitrogen and oxygen atoms in total. The van der Waals surface area contributed by atoms with Crippen molar-refractivity contribution < 1.29 is 19.4 Å². The molecule has 0 radical (unpaired) electrons. The molecule has 0 unspecified atom stereocenters. The fourth-order valence-corrected chi connectivity index (χ4v) is 2.88. The molecular formula is C17H24N2O4. The number of aliphatic carboxylic acids is 1. The van der Waals surface area contributed by atoms with Gasteiger partial charge in [-0.05, 0) is 25.8 Å². The van der Waals surface area contributed by atoms with Crippen LogP contribution in [0.15, 0.2) is 30.3 Å². The van der Waals surface area contributed by atoms with Gasteiger partial charge in [0.2, 0.25) is 0 Å². The number of rotatable bonds is 6. The fraction of sp³-hybridized carbons (Fsp3) is 0.529. The Morgan fingerprint density at radius 3 is 2.65 bits per heavy atom. The Labute approximate surface area is 136 Å². The van der Waals surface area contributed by atoms with E-state index in [1.165, 1.54) is 0 Å². The molecule has 2 rings (SSSR count). The first kappa shape index (κ1) is 17.3. The van der Waals surface area contributed by atoms with Crippen molar-refractivity contribution in [2.45, 2.75) is 39.0 Å². The number of nitrogens with zero attached hydrogens (tertiary/aromatic N) is 2. The van der Waals surface area contributed by atoms with Gasteiger partial charge in [-0.15, -0.1) is 0 Å². The molecule has 0 saturated carbocycles. The minimum atomic E-state index is -0.844. The Bertz CT molecular complexity index is 533. The van der Waals surface area contributed by atoms with Gasteiger partial charge in [-0.1, -0.05) is 30.3 Å². The van der Waals surface area contributed by atoms with Crippen LogP contribution in [-0.2, 0) is 16.1 Å². The Hall–Kier alpha value is -2.08. The number of carbonyl (C=O) groups excluding carboxylic acids is 1. The van der Waals surface area contributed by atoms with E-state index in [-0.39, 0.29) is 31.3 Å². The van der Waals surface area contributed by atoms with Crippen molar-refractivity contribution in [1.82, 2.24) is 9.80 Å². The van der Waals surface area contributed by atoms with Gasteiger partial charge in [0, 0.05) is 25.2 Å². The molecule has 1 aromatic rings. The highest BCUT2D eigenvalue weighted by Crippen LogP contribution is 2.19. The van der Waals surface area contributed by atoms with Crippen molar-refractivity contribution in [3.05, 3.63) is 35.9 Å². The van der Waals surface area contributed by atoms with Crippen LogP contribution in [0.2, 0.25) is 0 Å². The molecule has 1 saturated heterocycles. The third kappa shape index (κ3) is 4.96. The van der Waals surface area contributed by atoms with E-state index in [2.05, 4.69) is 0 Å². The first-order valence-corrected chi connectivity index (χ1v) is 7.90. The van der Waals surface area contributed by atoms with Gasteiger partial charge >= 0.3 is 12.1 Å². The molecule has 23 heavy (non-hydrogen) atoms. The van der Waals surface area contributed by atoms with Crippen LogP contribution in [0, 0.1) is 0 Å². The van der Waals surface area contributed by atoms with E-state index in [4.69, 9.17) is 9.84 Å². The van der Waals surface area contributed by atoms with Crippen LogP contribution in [-0.4, -0.2) is 58.7 Å². The van der Waals surface area contributed by atoms with E-state index in [0.717, 1.165) is 12.0 Å². The minimum Gasteiger partial charge on any atom is -0.480 e. The number of amides is 1. The maximum atomic E-state index is 12.1. The molecule has 1 aromatic carbocycles. The van der Waals surface area contributed by atoms with E-state index in [0.29, 0.717) is 13.1 Å². The van der Waals surface area contributed by atoms with Gasteiger partial charge in [0.25, 0.3) is 0 Å². The van der Waals surface area contributed by atoms with Gasteiger partial charge in [-0.25, -0.2) is 4.79 Å². The second kappa shape index (κ2) is 7.97. The maximum absolute atomic E-state index is 12.1. The van der Waals surface area contributed by atoms with Crippen LogP contribution in [0.1, 0.15) is 25.8 Å². The molecule has 1 aliphatic rings. The molecule has 1 heterocycles. The third-order valence-electron chi connectivity index (χ3n) is 4.08. The zero-order chi connectivity index (χ0) is 16.8. The summed E-state index contributed by atoms with van der Waals surface area (Å²) in [5.74, 6) is -0.844.